The number of ether oxygens (including phenoxy) is 1. The van der Waals surface area contributed by atoms with Gasteiger partial charge in [0.2, 0.25) is 11.7 Å². The molecule has 5 nitrogen and oxygen atoms in total. The normalized spacial score (nSPS) is 17.9. The molecule has 102 valence electrons. The van der Waals surface area contributed by atoms with Crippen LogP contribution in [-0.4, -0.2) is 44.5 Å². The van der Waals surface area contributed by atoms with Gasteiger partial charge in [-0.25, -0.2) is 0 Å². The zero-order valence-corrected chi connectivity index (χ0v) is 10.8. The molecule has 0 aromatic heterocycles. The number of Topliss-reactive ketones (excluding diaryl/α,β-unsaturated/α-hetero) is 1. The molecule has 1 aliphatic rings. The zero-order valence-electron chi connectivity index (χ0n) is 10.8. The second-order valence-electron chi connectivity index (χ2n) is 4.75. The molecule has 2 rings (SSSR count). The number of carbonyl (C=O) groups is 2. The number of morpholine rings is 1. The molecule has 1 aromatic carbocycles. The minimum absolute atomic E-state index is 0.115. The average molecular weight is 263 g/mol. The van der Waals surface area contributed by atoms with Gasteiger partial charge in [-0.1, -0.05) is 30.3 Å². The third-order valence-electron chi connectivity index (χ3n) is 3.36. The molecule has 1 aliphatic heterocycles. The SMILES string of the molecule is NC(=O)[C@H](C(=O)C[NH+]1CCOCC1)c1ccccc1. The molecule has 1 saturated heterocycles. The van der Waals surface area contributed by atoms with Crippen LogP contribution in [0, 0.1) is 0 Å². The van der Waals surface area contributed by atoms with Crippen LogP contribution in [0.15, 0.2) is 30.3 Å². The highest BCUT2D eigenvalue weighted by molar-refractivity contribution is 6.06. The fraction of sp³-hybridized carbons (Fsp3) is 0.429. The fourth-order valence-corrected chi connectivity index (χ4v) is 2.34. The molecular formula is C14H19N2O3+. The monoisotopic (exact) mass is 263 g/mol. The number of amides is 1. The Hall–Kier alpha value is -1.72. The van der Waals surface area contributed by atoms with Crippen molar-refractivity contribution in [3.8, 4) is 0 Å². The summed E-state index contributed by atoms with van der Waals surface area (Å²) in [5.41, 5.74) is 6.05. The third kappa shape index (κ3) is 3.62. The van der Waals surface area contributed by atoms with Crippen molar-refractivity contribution in [2.45, 2.75) is 5.92 Å². The van der Waals surface area contributed by atoms with E-state index in [0.717, 1.165) is 18.0 Å². The standard InChI is InChI=1S/C14H18N2O3/c15-14(18)13(11-4-2-1-3-5-11)12(17)10-16-6-8-19-9-7-16/h1-5,13H,6-10H2,(H2,15,18)/p+1/t13-/m0/s1. The van der Waals surface area contributed by atoms with Crippen LogP contribution in [0.5, 0.6) is 0 Å². The molecule has 19 heavy (non-hydrogen) atoms. The third-order valence-corrected chi connectivity index (χ3v) is 3.36. The number of carbonyl (C=O) groups excluding carboxylic acids is 2. The summed E-state index contributed by atoms with van der Waals surface area (Å²) >= 11 is 0. The smallest absolute Gasteiger partial charge is 0.232 e. The lowest BCUT2D eigenvalue weighted by Crippen LogP contribution is -3.15. The highest BCUT2D eigenvalue weighted by Crippen LogP contribution is 2.15. The summed E-state index contributed by atoms with van der Waals surface area (Å²) in [5.74, 6) is -1.53. The second-order valence-corrected chi connectivity index (χ2v) is 4.75. The molecule has 1 heterocycles. The van der Waals surface area contributed by atoms with Crippen molar-refractivity contribution in [1.29, 1.82) is 0 Å². The number of rotatable bonds is 5. The predicted molar refractivity (Wildman–Crippen MR) is 69.8 cm³/mol. The summed E-state index contributed by atoms with van der Waals surface area (Å²) < 4.78 is 5.25. The van der Waals surface area contributed by atoms with Gasteiger partial charge in [0.25, 0.3) is 0 Å². The molecule has 0 saturated carbocycles. The molecule has 1 aromatic rings. The molecular weight excluding hydrogens is 244 g/mol. The van der Waals surface area contributed by atoms with Crippen LogP contribution < -0.4 is 10.6 Å². The zero-order chi connectivity index (χ0) is 13.7. The van der Waals surface area contributed by atoms with Crippen molar-refractivity contribution < 1.29 is 19.2 Å². The van der Waals surface area contributed by atoms with E-state index in [-0.39, 0.29) is 5.78 Å². The van der Waals surface area contributed by atoms with E-state index in [1.807, 2.05) is 6.07 Å². The first-order valence-electron chi connectivity index (χ1n) is 6.47. The number of benzene rings is 1. The molecule has 0 spiro atoms. The van der Waals surface area contributed by atoms with Gasteiger partial charge in [0, 0.05) is 0 Å². The molecule has 1 amide bonds. The lowest BCUT2D eigenvalue weighted by atomic mass is 9.93. The number of hydrogen-bond donors (Lipinski definition) is 2. The average Bonchev–Trinajstić information content (AvgIpc) is 2.40. The van der Waals surface area contributed by atoms with Gasteiger partial charge in [-0.2, -0.15) is 0 Å². The van der Waals surface area contributed by atoms with Gasteiger partial charge in [-0.05, 0) is 5.56 Å². The molecule has 1 fully saturated rings. The van der Waals surface area contributed by atoms with Crippen molar-refractivity contribution >= 4 is 11.7 Å². The van der Waals surface area contributed by atoms with Crippen molar-refractivity contribution in [1.82, 2.24) is 0 Å². The Bertz CT molecular complexity index is 441. The van der Waals surface area contributed by atoms with Crippen LogP contribution >= 0.6 is 0 Å². The van der Waals surface area contributed by atoms with Crippen LogP contribution in [0.25, 0.3) is 0 Å². The molecule has 1 atom stereocenters. The molecule has 0 radical (unpaired) electrons. The summed E-state index contributed by atoms with van der Waals surface area (Å²) in [7, 11) is 0. The van der Waals surface area contributed by atoms with E-state index in [9.17, 15) is 9.59 Å². The molecule has 5 heteroatoms. The van der Waals surface area contributed by atoms with Crippen LogP contribution in [0.4, 0.5) is 0 Å². The van der Waals surface area contributed by atoms with E-state index in [1.165, 1.54) is 0 Å². The Balaban J connectivity index is 2.06. The Labute approximate surface area is 112 Å². The second kappa shape index (κ2) is 6.45. The number of ketones is 1. The highest BCUT2D eigenvalue weighted by atomic mass is 16.5. The van der Waals surface area contributed by atoms with Gasteiger partial charge >= 0.3 is 0 Å². The minimum Gasteiger partial charge on any atom is -0.370 e. The lowest BCUT2D eigenvalue weighted by molar-refractivity contribution is -0.900. The van der Waals surface area contributed by atoms with Crippen molar-refractivity contribution in [3.05, 3.63) is 35.9 Å². The number of nitrogens with one attached hydrogen (secondary N) is 1. The van der Waals surface area contributed by atoms with E-state index >= 15 is 0 Å². The number of primary amides is 1. The summed E-state index contributed by atoms with van der Waals surface area (Å²) in [4.78, 5) is 25.0. The van der Waals surface area contributed by atoms with E-state index in [2.05, 4.69) is 0 Å². The van der Waals surface area contributed by atoms with Gasteiger partial charge in [-0.15, -0.1) is 0 Å². The summed E-state index contributed by atoms with van der Waals surface area (Å²) in [6, 6.07) is 8.99. The van der Waals surface area contributed by atoms with Crippen molar-refractivity contribution in [3.63, 3.8) is 0 Å². The topological polar surface area (TPSA) is 73.8 Å². The van der Waals surface area contributed by atoms with Gasteiger partial charge in [0.15, 0.2) is 0 Å². The van der Waals surface area contributed by atoms with Crippen molar-refractivity contribution in [2.75, 3.05) is 32.8 Å². The van der Waals surface area contributed by atoms with Crippen LogP contribution in [-0.2, 0) is 14.3 Å². The van der Waals surface area contributed by atoms with E-state index < -0.39 is 11.8 Å². The lowest BCUT2D eigenvalue weighted by Gasteiger charge is -2.24. The minimum atomic E-state index is -0.837. The summed E-state index contributed by atoms with van der Waals surface area (Å²) in [6.45, 7) is 3.24. The Morgan fingerprint density at radius 2 is 1.84 bits per heavy atom. The highest BCUT2D eigenvalue weighted by Gasteiger charge is 2.29. The first-order chi connectivity index (χ1) is 9.18. The van der Waals surface area contributed by atoms with Crippen LogP contribution in [0.1, 0.15) is 11.5 Å². The summed E-state index contributed by atoms with van der Waals surface area (Å²) in [5, 5.41) is 0. The van der Waals surface area contributed by atoms with Gasteiger partial charge < -0.3 is 15.4 Å². The van der Waals surface area contributed by atoms with Crippen LogP contribution in [0.3, 0.4) is 0 Å². The number of hydrogen-bond acceptors (Lipinski definition) is 3. The maximum Gasteiger partial charge on any atom is 0.232 e. The van der Waals surface area contributed by atoms with Gasteiger partial charge in [0.1, 0.15) is 25.6 Å². The maximum atomic E-state index is 12.3. The van der Waals surface area contributed by atoms with Crippen molar-refractivity contribution in [2.24, 2.45) is 5.73 Å². The first-order valence-corrected chi connectivity index (χ1v) is 6.47. The van der Waals surface area contributed by atoms with Gasteiger partial charge in [0.05, 0.1) is 13.2 Å². The van der Waals surface area contributed by atoms with Gasteiger partial charge in [-0.3, -0.25) is 9.59 Å². The van der Waals surface area contributed by atoms with E-state index in [1.54, 1.807) is 24.3 Å². The predicted octanol–water partition coefficient (Wildman–Crippen LogP) is -1.26. The molecule has 0 aliphatic carbocycles. The Kier molecular flexibility index (Phi) is 4.65. The quantitative estimate of drug-likeness (QED) is 0.651. The summed E-state index contributed by atoms with van der Waals surface area (Å²) in [6.07, 6.45) is 0. The molecule has 0 bridgehead atoms. The van der Waals surface area contributed by atoms with Crippen LogP contribution in [0.2, 0.25) is 0 Å². The Morgan fingerprint density at radius 3 is 2.42 bits per heavy atom. The number of nitrogens with two attached hydrogens (primary N) is 1. The van der Waals surface area contributed by atoms with E-state index in [4.69, 9.17) is 10.5 Å². The number of quaternary nitrogens is 1. The first kappa shape index (κ1) is 13.7. The maximum absolute atomic E-state index is 12.3. The van der Waals surface area contributed by atoms with E-state index in [0.29, 0.717) is 25.3 Å². The molecule has 3 N–H and O–H groups in total. The Morgan fingerprint density at radius 1 is 1.21 bits per heavy atom. The fourth-order valence-electron chi connectivity index (χ4n) is 2.34. The largest absolute Gasteiger partial charge is 0.370 e. The molecule has 0 unspecified atom stereocenters.